The third-order valence-electron chi connectivity index (χ3n) is 4.89. The first-order valence-corrected chi connectivity index (χ1v) is 11.3. The maximum absolute atomic E-state index is 12.4. The van der Waals surface area contributed by atoms with Gasteiger partial charge in [-0.15, -0.1) is 0 Å². The van der Waals surface area contributed by atoms with Crippen molar-refractivity contribution in [3.05, 3.63) is 59.7 Å². The summed E-state index contributed by atoms with van der Waals surface area (Å²) >= 11 is 0. The quantitative estimate of drug-likeness (QED) is 0.774. The molecule has 2 aromatic rings. The van der Waals surface area contributed by atoms with Crippen LogP contribution < -0.4 is 10.2 Å². The first-order chi connectivity index (χ1) is 13.3. The van der Waals surface area contributed by atoms with E-state index in [9.17, 15) is 13.2 Å². The van der Waals surface area contributed by atoms with Crippen molar-refractivity contribution in [3.8, 4) is 0 Å². The number of carbonyl (C=O) groups excluding carboxylic acids is 1. The zero-order valence-corrected chi connectivity index (χ0v) is 17.2. The molecule has 1 aliphatic heterocycles. The first kappa shape index (κ1) is 20.4. The van der Waals surface area contributed by atoms with E-state index in [2.05, 4.69) is 10.2 Å². The van der Waals surface area contributed by atoms with Crippen molar-refractivity contribution in [2.24, 2.45) is 0 Å². The van der Waals surface area contributed by atoms with Crippen LogP contribution in [0.5, 0.6) is 0 Å². The van der Waals surface area contributed by atoms with Crippen molar-refractivity contribution in [2.45, 2.75) is 26.3 Å². The van der Waals surface area contributed by atoms with Gasteiger partial charge in [-0.05, 0) is 49.6 Å². The number of anilines is 2. The van der Waals surface area contributed by atoms with E-state index < -0.39 is 10.0 Å². The first-order valence-electron chi connectivity index (χ1n) is 9.47. The number of hydrogen-bond acceptors (Lipinski definition) is 4. The highest BCUT2D eigenvalue weighted by Crippen LogP contribution is 2.22. The number of benzene rings is 2. The largest absolute Gasteiger partial charge is 0.372 e. The number of sulfonamides is 1. The standard InChI is InChI=1S/C21H27N3O3S/c1-17-5-7-18(8-6-17)15-24(28(2,26)27)16-21(25)22-19-9-11-20(12-10-19)23-13-3-4-14-23/h5-12H,3-4,13-16H2,1-2H3,(H,22,25). The number of amides is 1. The second kappa shape index (κ2) is 8.75. The van der Waals surface area contributed by atoms with Crippen molar-refractivity contribution in [1.82, 2.24) is 4.31 Å². The number of nitrogens with one attached hydrogen (secondary N) is 1. The molecule has 28 heavy (non-hydrogen) atoms. The maximum atomic E-state index is 12.4. The fourth-order valence-electron chi connectivity index (χ4n) is 3.28. The van der Waals surface area contributed by atoms with Gasteiger partial charge in [0.05, 0.1) is 12.8 Å². The third-order valence-corrected chi connectivity index (χ3v) is 6.09. The number of hydrogen-bond donors (Lipinski definition) is 1. The van der Waals surface area contributed by atoms with Crippen LogP contribution in [0.15, 0.2) is 48.5 Å². The second-order valence-corrected chi connectivity index (χ2v) is 9.29. The predicted molar refractivity (Wildman–Crippen MR) is 113 cm³/mol. The molecule has 1 heterocycles. The zero-order valence-electron chi connectivity index (χ0n) is 16.4. The molecule has 3 rings (SSSR count). The van der Waals surface area contributed by atoms with Crippen LogP contribution in [0.4, 0.5) is 11.4 Å². The van der Waals surface area contributed by atoms with Gasteiger partial charge in [0.2, 0.25) is 15.9 Å². The van der Waals surface area contributed by atoms with Crippen LogP contribution >= 0.6 is 0 Å². The van der Waals surface area contributed by atoms with Gasteiger partial charge in [0, 0.05) is 31.0 Å². The van der Waals surface area contributed by atoms with Crippen molar-refractivity contribution in [1.29, 1.82) is 0 Å². The average Bonchev–Trinajstić information content (AvgIpc) is 3.17. The third kappa shape index (κ3) is 5.56. The molecule has 0 aromatic heterocycles. The fraction of sp³-hybridized carbons (Fsp3) is 0.381. The molecule has 0 aliphatic carbocycles. The monoisotopic (exact) mass is 401 g/mol. The van der Waals surface area contributed by atoms with Gasteiger partial charge in [-0.3, -0.25) is 4.79 Å². The summed E-state index contributed by atoms with van der Waals surface area (Å²) < 4.78 is 25.4. The molecular weight excluding hydrogens is 374 g/mol. The molecule has 7 heteroatoms. The molecule has 1 N–H and O–H groups in total. The lowest BCUT2D eigenvalue weighted by Crippen LogP contribution is -2.36. The smallest absolute Gasteiger partial charge is 0.239 e. The van der Waals surface area contributed by atoms with Crippen LogP contribution in [0.25, 0.3) is 0 Å². The average molecular weight is 402 g/mol. The molecule has 1 amide bonds. The maximum Gasteiger partial charge on any atom is 0.239 e. The second-order valence-electron chi connectivity index (χ2n) is 7.31. The summed E-state index contributed by atoms with van der Waals surface area (Å²) in [5, 5.41) is 2.79. The number of carbonyl (C=O) groups is 1. The summed E-state index contributed by atoms with van der Waals surface area (Å²) in [5.41, 5.74) is 3.76. The van der Waals surface area contributed by atoms with Crippen molar-refractivity contribution >= 4 is 27.3 Å². The number of nitrogens with zero attached hydrogens (tertiary/aromatic N) is 2. The zero-order chi connectivity index (χ0) is 20.1. The van der Waals surface area contributed by atoms with Crippen molar-refractivity contribution in [2.75, 3.05) is 36.1 Å². The minimum Gasteiger partial charge on any atom is -0.372 e. The molecular formula is C21H27N3O3S. The SMILES string of the molecule is Cc1ccc(CN(CC(=O)Nc2ccc(N3CCCC3)cc2)S(C)(=O)=O)cc1. The van der Waals surface area contributed by atoms with E-state index in [1.165, 1.54) is 17.1 Å². The topological polar surface area (TPSA) is 69.7 Å². The summed E-state index contributed by atoms with van der Waals surface area (Å²) in [6.45, 7) is 4.05. The Kier molecular flexibility index (Phi) is 6.36. The van der Waals surface area contributed by atoms with Crippen LogP contribution in [0, 0.1) is 6.92 Å². The van der Waals surface area contributed by atoms with E-state index in [1.807, 2.05) is 55.5 Å². The summed E-state index contributed by atoms with van der Waals surface area (Å²) in [6, 6.07) is 15.3. The van der Waals surface area contributed by atoms with Gasteiger partial charge in [0.25, 0.3) is 0 Å². The van der Waals surface area contributed by atoms with Gasteiger partial charge in [-0.1, -0.05) is 29.8 Å². The molecule has 0 saturated carbocycles. The molecule has 0 unspecified atom stereocenters. The number of aryl methyl sites for hydroxylation is 1. The van der Waals surface area contributed by atoms with E-state index in [4.69, 9.17) is 0 Å². The van der Waals surface area contributed by atoms with Crippen LogP contribution in [0.2, 0.25) is 0 Å². The molecule has 0 radical (unpaired) electrons. The van der Waals surface area contributed by atoms with Gasteiger partial charge in [0.15, 0.2) is 0 Å². The Morgan fingerprint density at radius 1 is 1.04 bits per heavy atom. The van der Waals surface area contributed by atoms with Crippen molar-refractivity contribution < 1.29 is 13.2 Å². The van der Waals surface area contributed by atoms with Gasteiger partial charge < -0.3 is 10.2 Å². The van der Waals surface area contributed by atoms with Crippen LogP contribution in [-0.4, -0.2) is 44.5 Å². The van der Waals surface area contributed by atoms with E-state index in [0.717, 1.165) is 36.2 Å². The fourth-order valence-corrected chi connectivity index (χ4v) is 4.01. The van der Waals surface area contributed by atoms with Gasteiger partial charge >= 0.3 is 0 Å². The van der Waals surface area contributed by atoms with Gasteiger partial charge in [-0.2, -0.15) is 4.31 Å². The molecule has 2 aromatic carbocycles. The van der Waals surface area contributed by atoms with Crippen molar-refractivity contribution in [3.63, 3.8) is 0 Å². The molecule has 0 bridgehead atoms. The Balaban J connectivity index is 1.62. The Labute approximate surface area is 167 Å². The summed E-state index contributed by atoms with van der Waals surface area (Å²) in [6.07, 6.45) is 3.54. The summed E-state index contributed by atoms with van der Waals surface area (Å²) in [5.74, 6) is -0.355. The van der Waals surface area contributed by atoms with E-state index in [1.54, 1.807) is 0 Å². The minimum atomic E-state index is -3.51. The minimum absolute atomic E-state index is 0.167. The van der Waals surface area contributed by atoms with Crippen LogP contribution in [0.3, 0.4) is 0 Å². The molecule has 6 nitrogen and oxygen atoms in total. The lowest BCUT2D eigenvalue weighted by molar-refractivity contribution is -0.116. The summed E-state index contributed by atoms with van der Waals surface area (Å²) in [7, 11) is -3.51. The Morgan fingerprint density at radius 2 is 1.64 bits per heavy atom. The molecule has 1 fully saturated rings. The number of rotatable bonds is 7. The highest BCUT2D eigenvalue weighted by Gasteiger charge is 2.21. The molecule has 0 spiro atoms. The molecule has 150 valence electrons. The highest BCUT2D eigenvalue weighted by atomic mass is 32.2. The lowest BCUT2D eigenvalue weighted by Gasteiger charge is -2.20. The molecule has 0 atom stereocenters. The Hall–Kier alpha value is -2.38. The lowest BCUT2D eigenvalue weighted by atomic mass is 10.1. The van der Waals surface area contributed by atoms with Crippen LogP contribution in [0.1, 0.15) is 24.0 Å². The Morgan fingerprint density at radius 3 is 2.21 bits per heavy atom. The highest BCUT2D eigenvalue weighted by molar-refractivity contribution is 7.88. The van der Waals surface area contributed by atoms with E-state index >= 15 is 0 Å². The van der Waals surface area contributed by atoms with E-state index in [-0.39, 0.29) is 19.0 Å². The normalized spacial score (nSPS) is 14.5. The predicted octanol–water partition coefficient (Wildman–Crippen LogP) is 3.00. The van der Waals surface area contributed by atoms with E-state index in [0.29, 0.717) is 5.69 Å². The van der Waals surface area contributed by atoms with Gasteiger partial charge in [0.1, 0.15) is 0 Å². The molecule has 1 aliphatic rings. The van der Waals surface area contributed by atoms with Crippen LogP contribution in [-0.2, 0) is 21.4 Å². The Bertz CT molecular complexity index is 903. The molecule has 1 saturated heterocycles. The summed E-state index contributed by atoms with van der Waals surface area (Å²) in [4.78, 5) is 14.7. The van der Waals surface area contributed by atoms with Gasteiger partial charge in [-0.25, -0.2) is 8.42 Å².